The summed E-state index contributed by atoms with van der Waals surface area (Å²) in [6.45, 7) is 4.19. The molecule has 1 atom stereocenters. The van der Waals surface area contributed by atoms with Crippen LogP contribution in [-0.2, 0) is 6.54 Å². The van der Waals surface area contributed by atoms with Crippen LogP contribution >= 0.6 is 0 Å². The molecule has 0 spiro atoms. The number of rotatable bonds is 8. The molecule has 0 radical (unpaired) electrons. The lowest BCUT2D eigenvalue weighted by atomic mass is 10.1. The molecule has 2 N–H and O–H groups in total. The molecule has 1 aliphatic carbocycles. The fourth-order valence-corrected chi connectivity index (χ4v) is 1.82. The predicted octanol–water partition coefficient (Wildman–Crippen LogP) is 2.39. The Labute approximate surface area is 124 Å². The molecule has 2 rings (SSSR count). The molecule has 6 heteroatoms. The van der Waals surface area contributed by atoms with Crippen LogP contribution < -0.4 is 10.1 Å². The number of nitro benzene ring substituents is 1. The first kappa shape index (κ1) is 15.7. The average molecular weight is 294 g/mol. The summed E-state index contributed by atoms with van der Waals surface area (Å²) in [5.41, 5.74) is -0.119. The summed E-state index contributed by atoms with van der Waals surface area (Å²) in [5.74, 6) is 0.212. The van der Waals surface area contributed by atoms with Crippen LogP contribution in [0.4, 0.5) is 5.69 Å². The fourth-order valence-electron chi connectivity index (χ4n) is 1.82. The van der Waals surface area contributed by atoms with Crippen LogP contribution in [0, 0.1) is 10.1 Å². The second kappa shape index (κ2) is 6.41. The third-order valence-corrected chi connectivity index (χ3v) is 3.69. The van der Waals surface area contributed by atoms with E-state index < -0.39 is 10.5 Å². The lowest BCUT2D eigenvalue weighted by Gasteiger charge is -2.21. The van der Waals surface area contributed by atoms with E-state index in [1.807, 2.05) is 6.92 Å². The first-order chi connectivity index (χ1) is 9.91. The average Bonchev–Trinajstić information content (AvgIpc) is 3.27. The number of nitrogens with zero attached hydrogens (tertiary/aromatic N) is 1. The second-order valence-electron chi connectivity index (χ2n) is 5.85. The summed E-state index contributed by atoms with van der Waals surface area (Å²) < 4.78 is 5.50. The molecular formula is C15H22N2O4. The van der Waals surface area contributed by atoms with Crippen molar-refractivity contribution in [3.05, 3.63) is 33.9 Å². The molecule has 1 fully saturated rings. The van der Waals surface area contributed by atoms with Crippen LogP contribution in [0.15, 0.2) is 18.2 Å². The van der Waals surface area contributed by atoms with Gasteiger partial charge in [-0.1, -0.05) is 13.0 Å². The third kappa shape index (κ3) is 4.68. The summed E-state index contributed by atoms with van der Waals surface area (Å²) in [4.78, 5) is 10.6. The summed E-state index contributed by atoms with van der Waals surface area (Å²) in [5, 5.41) is 24.4. The standard InChI is InChI=1S/C15H22N2O4/c1-3-15(2,18)10-21-14-8-11(9-16-12-5-6-12)4-7-13(14)17(19)20/h4,7-8,12,16,18H,3,5-6,9-10H2,1-2H3. The smallest absolute Gasteiger partial charge is 0.310 e. The highest BCUT2D eigenvalue weighted by atomic mass is 16.6. The number of aliphatic hydroxyl groups is 1. The maximum Gasteiger partial charge on any atom is 0.310 e. The molecule has 0 bridgehead atoms. The SMILES string of the molecule is CCC(C)(O)COc1cc(CNC2CC2)ccc1[N+](=O)[O-]. The first-order valence-corrected chi connectivity index (χ1v) is 7.27. The van der Waals surface area contributed by atoms with Gasteiger partial charge in [-0.2, -0.15) is 0 Å². The summed E-state index contributed by atoms with van der Waals surface area (Å²) >= 11 is 0. The highest BCUT2D eigenvalue weighted by Crippen LogP contribution is 2.29. The van der Waals surface area contributed by atoms with Gasteiger partial charge in [-0.3, -0.25) is 10.1 Å². The van der Waals surface area contributed by atoms with Crippen LogP contribution in [0.1, 0.15) is 38.7 Å². The van der Waals surface area contributed by atoms with Gasteiger partial charge in [0.1, 0.15) is 6.61 Å². The highest BCUT2D eigenvalue weighted by molar-refractivity contribution is 5.48. The Kier molecular flexibility index (Phi) is 4.80. The van der Waals surface area contributed by atoms with Gasteiger partial charge in [0, 0.05) is 18.7 Å². The molecule has 21 heavy (non-hydrogen) atoms. The molecular weight excluding hydrogens is 272 g/mol. The summed E-state index contributed by atoms with van der Waals surface area (Å²) in [6, 6.07) is 5.45. The maximum atomic E-state index is 11.1. The number of benzene rings is 1. The van der Waals surface area contributed by atoms with E-state index in [0.717, 1.165) is 5.56 Å². The molecule has 0 saturated heterocycles. The van der Waals surface area contributed by atoms with Gasteiger partial charge in [0.05, 0.1) is 10.5 Å². The van der Waals surface area contributed by atoms with Gasteiger partial charge in [-0.05, 0) is 37.8 Å². The van der Waals surface area contributed by atoms with Gasteiger partial charge in [0.2, 0.25) is 0 Å². The summed E-state index contributed by atoms with van der Waals surface area (Å²) in [6.07, 6.45) is 2.90. The lowest BCUT2D eigenvalue weighted by molar-refractivity contribution is -0.386. The van der Waals surface area contributed by atoms with Gasteiger partial charge < -0.3 is 15.2 Å². The van der Waals surface area contributed by atoms with Crippen LogP contribution in [0.2, 0.25) is 0 Å². The van der Waals surface area contributed by atoms with Crippen molar-refractivity contribution in [2.45, 2.75) is 51.3 Å². The van der Waals surface area contributed by atoms with Crippen molar-refractivity contribution >= 4 is 5.69 Å². The molecule has 0 heterocycles. The number of nitrogens with one attached hydrogen (secondary N) is 1. The molecule has 116 valence electrons. The van der Waals surface area contributed by atoms with E-state index >= 15 is 0 Å². The van der Waals surface area contributed by atoms with Crippen molar-refractivity contribution in [1.82, 2.24) is 5.32 Å². The number of nitro groups is 1. The Morgan fingerprint density at radius 1 is 1.52 bits per heavy atom. The minimum Gasteiger partial charge on any atom is -0.484 e. The highest BCUT2D eigenvalue weighted by Gasteiger charge is 2.23. The zero-order valence-corrected chi connectivity index (χ0v) is 12.5. The minimum atomic E-state index is -0.990. The molecule has 0 aromatic heterocycles. The monoisotopic (exact) mass is 294 g/mol. The minimum absolute atomic E-state index is 0.0316. The van der Waals surface area contributed by atoms with E-state index in [4.69, 9.17) is 4.74 Å². The molecule has 1 aliphatic rings. The molecule has 0 amide bonds. The van der Waals surface area contributed by atoms with E-state index in [0.29, 0.717) is 19.0 Å². The van der Waals surface area contributed by atoms with Crippen molar-refractivity contribution < 1.29 is 14.8 Å². The zero-order chi connectivity index (χ0) is 15.5. The normalized spacial score (nSPS) is 17.3. The van der Waals surface area contributed by atoms with Gasteiger partial charge >= 0.3 is 5.69 Å². The fraction of sp³-hybridized carbons (Fsp3) is 0.600. The Balaban J connectivity index is 2.09. The van der Waals surface area contributed by atoms with Crippen LogP contribution in [-0.4, -0.2) is 28.3 Å². The Hall–Kier alpha value is -1.66. The van der Waals surface area contributed by atoms with E-state index in [-0.39, 0.29) is 18.0 Å². The van der Waals surface area contributed by atoms with Gasteiger partial charge in [-0.25, -0.2) is 0 Å². The number of hydrogen-bond donors (Lipinski definition) is 2. The quantitative estimate of drug-likeness (QED) is 0.568. The van der Waals surface area contributed by atoms with Crippen molar-refractivity contribution in [3.8, 4) is 5.75 Å². The number of ether oxygens (including phenoxy) is 1. The molecule has 1 aromatic carbocycles. The molecule has 1 aromatic rings. The first-order valence-electron chi connectivity index (χ1n) is 7.27. The Bertz CT molecular complexity index is 512. The lowest BCUT2D eigenvalue weighted by Crippen LogP contribution is -2.31. The van der Waals surface area contributed by atoms with Crippen LogP contribution in [0.25, 0.3) is 0 Å². The predicted molar refractivity (Wildman–Crippen MR) is 79.4 cm³/mol. The zero-order valence-electron chi connectivity index (χ0n) is 12.5. The molecule has 0 aliphatic heterocycles. The van der Waals surface area contributed by atoms with Crippen LogP contribution in [0.3, 0.4) is 0 Å². The van der Waals surface area contributed by atoms with Gasteiger partial charge in [0.15, 0.2) is 5.75 Å². The van der Waals surface area contributed by atoms with Gasteiger partial charge in [-0.15, -0.1) is 0 Å². The maximum absolute atomic E-state index is 11.1. The van der Waals surface area contributed by atoms with E-state index in [1.54, 1.807) is 19.1 Å². The van der Waals surface area contributed by atoms with Crippen molar-refractivity contribution in [3.63, 3.8) is 0 Å². The van der Waals surface area contributed by atoms with E-state index in [1.165, 1.54) is 18.9 Å². The van der Waals surface area contributed by atoms with Crippen molar-refractivity contribution in [2.24, 2.45) is 0 Å². The van der Waals surface area contributed by atoms with Crippen molar-refractivity contribution in [1.29, 1.82) is 0 Å². The van der Waals surface area contributed by atoms with Crippen LogP contribution in [0.5, 0.6) is 5.75 Å². The number of hydrogen-bond acceptors (Lipinski definition) is 5. The Morgan fingerprint density at radius 2 is 2.24 bits per heavy atom. The summed E-state index contributed by atoms with van der Waals surface area (Å²) in [7, 11) is 0. The van der Waals surface area contributed by atoms with Gasteiger partial charge in [0.25, 0.3) is 0 Å². The van der Waals surface area contributed by atoms with Crippen molar-refractivity contribution in [2.75, 3.05) is 6.61 Å². The second-order valence-corrected chi connectivity index (χ2v) is 5.85. The third-order valence-electron chi connectivity index (χ3n) is 3.69. The topological polar surface area (TPSA) is 84.6 Å². The van der Waals surface area contributed by atoms with E-state index in [9.17, 15) is 15.2 Å². The largest absolute Gasteiger partial charge is 0.484 e. The molecule has 6 nitrogen and oxygen atoms in total. The molecule has 1 unspecified atom stereocenters. The molecule has 1 saturated carbocycles. The Morgan fingerprint density at radius 3 is 2.81 bits per heavy atom. The van der Waals surface area contributed by atoms with E-state index in [2.05, 4.69) is 5.32 Å².